The summed E-state index contributed by atoms with van der Waals surface area (Å²) in [5.74, 6) is -4.25. The summed E-state index contributed by atoms with van der Waals surface area (Å²) in [5.41, 5.74) is 0.441. The van der Waals surface area contributed by atoms with E-state index in [2.05, 4.69) is 0 Å². The minimum Gasteiger partial charge on any atom is -0.490 e. The molecule has 1 N–H and O–H groups in total. The van der Waals surface area contributed by atoms with Crippen molar-refractivity contribution in [2.75, 3.05) is 0 Å². The van der Waals surface area contributed by atoms with Gasteiger partial charge in [0.2, 0.25) is 0 Å². The first kappa shape index (κ1) is 11.8. The number of ether oxygens (including phenoxy) is 1. The Kier molecular flexibility index (Phi) is 2.77. The predicted molar refractivity (Wildman–Crippen MR) is 56.4 cm³/mol. The molecule has 0 aromatic heterocycles. The summed E-state index contributed by atoms with van der Waals surface area (Å²) in [7, 11) is 0. The molecule has 0 spiro atoms. The number of aliphatic carboxylic acids is 1. The Morgan fingerprint density at radius 1 is 1.59 bits per heavy atom. The predicted octanol–water partition coefficient (Wildman–Crippen LogP) is 2.58. The van der Waals surface area contributed by atoms with Crippen LogP contribution in [-0.4, -0.2) is 17.2 Å². The highest BCUT2D eigenvalue weighted by molar-refractivity contribution is 5.68. The Hall–Kier alpha value is -1.65. The van der Waals surface area contributed by atoms with Crippen LogP contribution in [0.2, 0.25) is 0 Å². The summed E-state index contributed by atoms with van der Waals surface area (Å²) < 4.78 is 32.5. The van der Waals surface area contributed by atoms with E-state index in [0.29, 0.717) is 17.7 Å². The third-order valence-corrected chi connectivity index (χ3v) is 2.69. The van der Waals surface area contributed by atoms with E-state index >= 15 is 0 Å². The zero-order valence-corrected chi connectivity index (χ0v) is 9.24. The lowest BCUT2D eigenvalue weighted by Gasteiger charge is -2.15. The number of hydrogen-bond donors (Lipinski definition) is 1. The Balaban J connectivity index is 2.29. The van der Waals surface area contributed by atoms with Crippen LogP contribution in [0.15, 0.2) is 18.2 Å². The number of alkyl halides is 2. The van der Waals surface area contributed by atoms with Gasteiger partial charge in [0.05, 0.1) is 0 Å². The van der Waals surface area contributed by atoms with Crippen molar-refractivity contribution < 1.29 is 23.4 Å². The SMILES string of the molecule is CC1Cc2cc(C(F)(F)CC(=O)O)ccc2O1. The lowest BCUT2D eigenvalue weighted by molar-refractivity contribution is -0.145. The molecule has 1 heterocycles. The van der Waals surface area contributed by atoms with Crippen LogP contribution < -0.4 is 4.74 Å². The normalized spacial score (nSPS) is 18.6. The minimum atomic E-state index is -3.34. The van der Waals surface area contributed by atoms with E-state index in [1.165, 1.54) is 18.2 Å². The second-order valence-electron chi connectivity index (χ2n) is 4.23. The molecule has 0 aliphatic carbocycles. The molecule has 1 aliphatic heterocycles. The van der Waals surface area contributed by atoms with Crippen molar-refractivity contribution in [1.82, 2.24) is 0 Å². The zero-order valence-electron chi connectivity index (χ0n) is 9.24. The monoisotopic (exact) mass is 242 g/mol. The van der Waals surface area contributed by atoms with Gasteiger partial charge in [0.1, 0.15) is 18.3 Å². The summed E-state index contributed by atoms with van der Waals surface area (Å²) in [6.45, 7) is 1.86. The first-order valence-electron chi connectivity index (χ1n) is 5.28. The second-order valence-corrected chi connectivity index (χ2v) is 4.23. The second kappa shape index (κ2) is 3.98. The molecular weight excluding hydrogens is 230 g/mol. The van der Waals surface area contributed by atoms with Crippen LogP contribution in [0.1, 0.15) is 24.5 Å². The number of carboxylic acid groups (broad SMARTS) is 1. The van der Waals surface area contributed by atoms with Gasteiger partial charge in [-0.05, 0) is 30.7 Å². The third kappa shape index (κ3) is 2.38. The average Bonchev–Trinajstić information content (AvgIpc) is 2.54. The van der Waals surface area contributed by atoms with Crippen LogP contribution in [0, 0.1) is 0 Å². The molecule has 0 saturated heterocycles. The molecule has 92 valence electrons. The Labute approximate surface area is 97.0 Å². The summed E-state index contributed by atoms with van der Waals surface area (Å²) >= 11 is 0. The standard InChI is InChI=1S/C12H12F2O3/c1-7-4-8-5-9(2-3-10(8)17-7)12(13,14)6-11(15)16/h2-3,5,7H,4,6H2,1H3,(H,15,16). The van der Waals surface area contributed by atoms with Crippen LogP contribution in [-0.2, 0) is 17.1 Å². The Morgan fingerprint density at radius 2 is 2.29 bits per heavy atom. The van der Waals surface area contributed by atoms with Gasteiger partial charge in [0.25, 0.3) is 5.92 Å². The van der Waals surface area contributed by atoms with Crippen LogP contribution >= 0.6 is 0 Å². The van der Waals surface area contributed by atoms with E-state index in [4.69, 9.17) is 9.84 Å². The molecule has 17 heavy (non-hydrogen) atoms. The van der Waals surface area contributed by atoms with Crippen molar-refractivity contribution >= 4 is 5.97 Å². The van der Waals surface area contributed by atoms with Gasteiger partial charge in [-0.25, -0.2) is 8.78 Å². The topological polar surface area (TPSA) is 46.5 Å². The lowest BCUT2D eigenvalue weighted by Crippen LogP contribution is -2.18. The van der Waals surface area contributed by atoms with Crippen molar-refractivity contribution in [3.05, 3.63) is 29.3 Å². The van der Waals surface area contributed by atoms with Gasteiger partial charge >= 0.3 is 5.97 Å². The van der Waals surface area contributed by atoms with E-state index in [1.807, 2.05) is 6.92 Å². The van der Waals surface area contributed by atoms with Crippen LogP contribution in [0.3, 0.4) is 0 Å². The van der Waals surface area contributed by atoms with Crippen LogP contribution in [0.5, 0.6) is 5.75 Å². The van der Waals surface area contributed by atoms with E-state index in [0.717, 1.165) is 0 Å². The Bertz CT molecular complexity index is 457. The van der Waals surface area contributed by atoms with Crippen molar-refractivity contribution in [2.45, 2.75) is 31.8 Å². The van der Waals surface area contributed by atoms with Crippen molar-refractivity contribution in [3.63, 3.8) is 0 Å². The van der Waals surface area contributed by atoms with Gasteiger partial charge in [-0.1, -0.05) is 0 Å². The molecule has 1 aromatic rings. The molecule has 0 radical (unpaired) electrons. The molecule has 1 unspecified atom stereocenters. The maximum atomic E-state index is 13.6. The molecule has 0 saturated carbocycles. The van der Waals surface area contributed by atoms with Gasteiger partial charge < -0.3 is 9.84 Å². The quantitative estimate of drug-likeness (QED) is 0.886. The maximum absolute atomic E-state index is 13.6. The average molecular weight is 242 g/mol. The lowest BCUT2D eigenvalue weighted by atomic mass is 10.0. The number of rotatable bonds is 3. The molecule has 2 rings (SSSR count). The van der Waals surface area contributed by atoms with Crippen LogP contribution in [0.25, 0.3) is 0 Å². The van der Waals surface area contributed by atoms with Crippen molar-refractivity contribution in [2.24, 2.45) is 0 Å². The number of carbonyl (C=O) groups is 1. The molecule has 0 amide bonds. The molecule has 1 aromatic carbocycles. The fourth-order valence-electron chi connectivity index (χ4n) is 1.94. The molecule has 3 nitrogen and oxygen atoms in total. The molecule has 1 aliphatic rings. The summed E-state index contributed by atoms with van der Waals surface area (Å²) in [6, 6.07) is 4.03. The van der Waals surface area contributed by atoms with E-state index < -0.39 is 18.3 Å². The highest BCUT2D eigenvalue weighted by atomic mass is 19.3. The largest absolute Gasteiger partial charge is 0.490 e. The third-order valence-electron chi connectivity index (χ3n) is 2.69. The van der Waals surface area contributed by atoms with Crippen molar-refractivity contribution in [3.8, 4) is 5.75 Å². The molecule has 0 fully saturated rings. The summed E-state index contributed by atoms with van der Waals surface area (Å²) in [5, 5.41) is 8.44. The number of fused-ring (bicyclic) bond motifs is 1. The Morgan fingerprint density at radius 3 is 2.94 bits per heavy atom. The number of benzene rings is 1. The minimum absolute atomic E-state index is 0.0200. The summed E-state index contributed by atoms with van der Waals surface area (Å²) in [4.78, 5) is 10.4. The number of halogens is 2. The fourth-order valence-corrected chi connectivity index (χ4v) is 1.94. The fraction of sp³-hybridized carbons (Fsp3) is 0.417. The van der Waals surface area contributed by atoms with Gasteiger partial charge in [-0.15, -0.1) is 0 Å². The molecule has 5 heteroatoms. The van der Waals surface area contributed by atoms with Gasteiger partial charge in [0.15, 0.2) is 0 Å². The zero-order chi connectivity index (χ0) is 12.6. The van der Waals surface area contributed by atoms with Gasteiger partial charge in [-0.3, -0.25) is 4.79 Å². The van der Waals surface area contributed by atoms with Gasteiger partial charge in [0, 0.05) is 12.0 Å². The van der Waals surface area contributed by atoms with Crippen molar-refractivity contribution in [1.29, 1.82) is 0 Å². The maximum Gasteiger partial charge on any atom is 0.309 e. The summed E-state index contributed by atoms with van der Waals surface area (Å²) in [6.07, 6.45) is -0.637. The molecule has 1 atom stereocenters. The highest BCUT2D eigenvalue weighted by Gasteiger charge is 2.35. The van der Waals surface area contributed by atoms with Gasteiger partial charge in [-0.2, -0.15) is 0 Å². The molecular formula is C12H12F2O3. The first-order chi connectivity index (χ1) is 7.88. The van der Waals surface area contributed by atoms with Crippen LogP contribution in [0.4, 0.5) is 8.78 Å². The van der Waals surface area contributed by atoms with E-state index in [9.17, 15) is 13.6 Å². The number of hydrogen-bond acceptors (Lipinski definition) is 2. The van der Waals surface area contributed by atoms with E-state index in [-0.39, 0.29) is 11.7 Å². The number of carboxylic acids is 1. The first-order valence-corrected chi connectivity index (χ1v) is 5.28. The van der Waals surface area contributed by atoms with E-state index in [1.54, 1.807) is 0 Å². The highest BCUT2D eigenvalue weighted by Crippen LogP contribution is 2.37. The smallest absolute Gasteiger partial charge is 0.309 e. The molecule has 0 bridgehead atoms.